The summed E-state index contributed by atoms with van der Waals surface area (Å²) >= 11 is 0. The molecule has 0 radical (unpaired) electrons. The van der Waals surface area contributed by atoms with Gasteiger partial charge in [0.05, 0.1) is 16.7 Å². The van der Waals surface area contributed by atoms with E-state index < -0.39 is 0 Å². The molecule has 5 heteroatoms. The molecule has 0 atom stereocenters. The third kappa shape index (κ3) is 5.25. The molecule has 0 amide bonds. The van der Waals surface area contributed by atoms with Gasteiger partial charge in [-0.1, -0.05) is 161 Å². The van der Waals surface area contributed by atoms with Gasteiger partial charge in [0.25, 0.3) is 0 Å². The average molecular weight is 886 g/mol. The molecule has 69 heavy (non-hydrogen) atoms. The number of para-hydroxylation sites is 4. The molecule has 0 unspecified atom stereocenters. The Bertz CT molecular complexity index is 4080. The predicted molar refractivity (Wildman–Crippen MR) is 290 cm³/mol. The molecule has 0 fully saturated rings. The van der Waals surface area contributed by atoms with Crippen molar-refractivity contribution in [2.24, 2.45) is 0 Å². The van der Waals surface area contributed by atoms with Gasteiger partial charge in [-0.15, -0.1) is 0 Å². The van der Waals surface area contributed by atoms with E-state index in [1.807, 2.05) is 0 Å². The van der Waals surface area contributed by atoms with Crippen molar-refractivity contribution < 1.29 is 4.42 Å². The van der Waals surface area contributed by atoms with Crippen LogP contribution < -0.4 is 15.8 Å². The Kier molecular flexibility index (Phi) is 7.80. The Labute approximate surface area is 401 Å². The first-order valence-corrected chi connectivity index (χ1v) is 24.6. The highest BCUT2D eigenvalue weighted by Gasteiger charge is 2.45. The first kappa shape index (κ1) is 39.0. The van der Waals surface area contributed by atoms with Gasteiger partial charge in [-0.05, 0) is 118 Å². The summed E-state index contributed by atoms with van der Waals surface area (Å²) in [5.41, 5.74) is 22.0. The highest BCUT2D eigenvalue weighted by molar-refractivity contribution is 6.90. The first-order valence-electron chi connectivity index (χ1n) is 24.6. The minimum absolute atomic E-state index is 0.00631. The van der Waals surface area contributed by atoms with Crippen molar-refractivity contribution in [3.8, 4) is 39.3 Å². The summed E-state index contributed by atoms with van der Waals surface area (Å²) in [6, 6.07) is 72.2. The lowest BCUT2D eigenvalue weighted by Crippen LogP contribution is -2.55. The molecule has 9 aromatic carbocycles. The maximum Gasteiger partial charge on any atom is 0.333 e. The van der Waals surface area contributed by atoms with E-state index in [9.17, 15) is 0 Å². The molecule has 3 aromatic heterocycles. The van der Waals surface area contributed by atoms with Gasteiger partial charge >= 0.3 is 6.85 Å². The Hall–Kier alpha value is -8.02. The quantitative estimate of drug-likeness (QED) is 0.161. The summed E-state index contributed by atoms with van der Waals surface area (Å²) in [4.78, 5) is 2.52. The van der Waals surface area contributed by atoms with Crippen molar-refractivity contribution in [3.63, 3.8) is 0 Å². The summed E-state index contributed by atoms with van der Waals surface area (Å²) in [5, 5.41) is 6.23. The van der Waals surface area contributed by atoms with Crippen molar-refractivity contribution in [2.45, 2.75) is 51.4 Å². The number of benzene rings is 9. The molecule has 0 saturated carbocycles. The van der Waals surface area contributed by atoms with Gasteiger partial charge in [-0.3, -0.25) is 0 Å². The van der Waals surface area contributed by atoms with E-state index >= 15 is 0 Å². The lowest BCUT2D eigenvalue weighted by atomic mass is 9.45. The fourth-order valence-electron chi connectivity index (χ4n) is 13.0. The lowest BCUT2D eigenvalue weighted by molar-refractivity contribution is 0.332. The Morgan fingerprint density at radius 3 is 1.81 bits per heavy atom. The van der Waals surface area contributed by atoms with Crippen molar-refractivity contribution in [3.05, 3.63) is 205 Å². The van der Waals surface area contributed by atoms with Crippen LogP contribution in [-0.4, -0.2) is 15.9 Å². The highest BCUT2D eigenvalue weighted by Crippen LogP contribution is 2.54. The zero-order valence-corrected chi connectivity index (χ0v) is 39.2. The smallest absolute Gasteiger partial charge is 0.333 e. The minimum Gasteiger partial charge on any atom is -0.455 e. The number of furan rings is 1. The van der Waals surface area contributed by atoms with Gasteiger partial charge in [0, 0.05) is 71.7 Å². The van der Waals surface area contributed by atoms with Crippen molar-refractivity contribution in [1.29, 1.82) is 0 Å². The van der Waals surface area contributed by atoms with Crippen LogP contribution in [0, 0.1) is 0 Å². The van der Waals surface area contributed by atoms with Gasteiger partial charge in [0.1, 0.15) is 11.3 Å². The predicted octanol–water partition coefficient (Wildman–Crippen LogP) is 15.7. The van der Waals surface area contributed by atoms with Gasteiger partial charge < -0.3 is 18.4 Å². The number of rotatable bonds is 5. The van der Waals surface area contributed by atoms with E-state index in [4.69, 9.17) is 4.42 Å². The maximum atomic E-state index is 7.24. The standard InChI is InChI=1S/C64H48BN3O/c1-63(2)32-33-64(3,4)50-37-53-47(34-49(50)63)58-55(66(41-24-13-7-14-25-41)42-26-15-8-16-27-42)35-46-45-30-19-29-44-43-28-17-18-31-52(43)68(60(44)45)65-51-38-56-48(36-54(51)67(53)61(58)59(46)65)57(39-20-9-5-10-21-39)62(69-56)40-22-11-6-12-23-40/h5-31,34-38H,32-33H2,1-4H3. The number of aromatic nitrogens is 2. The molecule has 5 heterocycles. The lowest BCUT2D eigenvalue weighted by Gasteiger charge is -2.42. The van der Waals surface area contributed by atoms with Gasteiger partial charge in [0.2, 0.25) is 0 Å². The van der Waals surface area contributed by atoms with Crippen LogP contribution in [0.15, 0.2) is 199 Å². The zero-order valence-electron chi connectivity index (χ0n) is 39.2. The Balaban J connectivity index is 1.19. The van der Waals surface area contributed by atoms with Crippen molar-refractivity contribution in [1.82, 2.24) is 9.05 Å². The molecule has 0 spiro atoms. The highest BCUT2D eigenvalue weighted by atomic mass is 16.3. The first-order chi connectivity index (χ1) is 33.7. The molecule has 4 nitrogen and oxygen atoms in total. The second-order valence-corrected chi connectivity index (χ2v) is 21.0. The number of fused-ring (bicyclic) bond motifs is 13. The molecular formula is C64H48BN3O. The summed E-state index contributed by atoms with van der Waals surface area (Å²) in [7, 11) is 0. The van der Waals surface area contributed by atoms with Crippen LogP contribution in [0.25, 0.3) is 93.8 Å². The van der Waals surface area contributed by atoms with Crippen LogP contribution in [0.1, 0.15) is 51.7 Å². The third-order valence-electron chi connectivity index (χ3n) is 16.3. The number of hydrogen-bond donors (Lipinski definition) is 0. The SMILES string of the molecule is CC1(C)CCC(C)(C)c2cc3c(cc21)c1c(N(c2ccccc2)c2ccccc2)cc2c4c1n3-c1cc3c(-c5ccccc5)c(-c5ccccc5)oc3cc1B4n1c3ccccc3c3cccc-2c31. The van der Waals surface area contributed by atoms with E-state index in [2.05, 4.69) is 236 Å². The monoisotopic (exact) mass is 885 g/mol. The van der Waals surface area contributed by atoms with E-state index in [1.54, 1.807) is 0 Å². The van der Waals surface area contributed by atoms with Crippen molar-refractivity contribution >= 4 is 89.4 Å². The summed E-state index contributed by atoms with van der Waals surface area (Å²) < 4.78 is 12.6. The van der Waals surface area contributed by atoms with E-state index in [0.29, 0.717) is 0 Å². The fourth-order valence-corrected chi connectivity index (χ4v) is 13.0. The molecule has 0 saturated heterocycles. The molecule has 1 aliphatic carbocycles. The zero-order chi connectivity index (χ0) is 45.9. The van der Waals surface area contributed by atoms with Crippen LogP contribution in [0.2, 0.25) is 0 Å². The van der Waals surface area contributed by atoms with E-state index in [1.165, 1.54) is 88.2 Å². The molecule has 3 aliphatic rings. The van der Waals surface area contributed by atoms with Crippen LogP contribution in [0.4, 0.5) is 17.1 Å². The Morgan fingerprint density at radius 2 is 1.12 bits per heavy atom. The number of nitrogens with zero attached hydrogens (tertiary/aromatic N) is 3. The number of anilines is 3. The summed E-state index contributed by atoms with van der Waals surface area (Å²) in [6.07, 6.45) is 2.28. The normalized spacial score (nSPS) is 15.0. The molecule has 0 N–H and O–H groups in total. The van der Waals surface area contributed by atoms with Crippen LogP contribution in [-0.2, 0) is 10.8 Å². The average Bonchev–Trinajstić information content (AvgIpc) is 4.05. The van der Waals surface area contributed by atoms with Crippen LogP contribution >= 0.6 is 0 Å². The molecule has 15 rings (SSSR count). The molecule has 328 valence electrons. The molecule has 12 aromatic rings. The second-order valence-electron chi connectivity index (χ2n) is 21.0. The molecule has 0 bridgehead atoms. The van der Waals surface area contributed by atoms with Gasteiger partial charge in [-0.2, -0.15) is 0 Å². The van der Waals surface area contributed by atoms with E-state index in [0.717, 1.165) is 57.6 Å². The number of hydrogen-bond acceptors (Lipinski definition) is 2. The fraction of sp³-hybridized carbons (Fsp3) is 0.125. The topological polar surface area (TPSA) is 26.2 Å². The summed E-state index contributed by atoms with van der Waals surface area (Å²) in [5.74, 6) is 0.893. The van der Waals surface area contributed by atoms with E-state index in [-0.39, 0.29) is 17.7 Å². The Morgan fingerprint density at radius 1 is 0.507 bits per heavy atom. The van der Waals surface area contributed by atoms with Crippen LogP contribution in [0.5, 0.6) is 0 Å². The van der Waals surface area contributed by atoms with Crippen LogP contribution in [0.3, 0.4) is 0 Å². The third-order valence-corrected chi connectivity index (χ3v) is 16.3. The van der Waals surface area contributed by atoms with Gasteiger partial charge in [-0.25, -0.2) is 0 Å². The largest absolute Gasteiger partial charge is 0.455 e. The second kappa shape index (κ2) is 13.8. The van der Waals surface area contributed by atoms with Crippen molar-refractivity contribution in [2.75, 3.05) is 4.90 Å². The minimum atomic E-state index is -0.139. The maximum absolute atomic E-state index is 7.24. The van der Waals surface area contributed by atoms with Gasteiger partial charge in [0.15, 0.2) is 0 Å². The molecular weight excluding hydrogens is 838 g/mol. The summed E-state index contributed by atoms with van der Waals surface area (Å²) in [6.45, 7) is 9.70. The molecule has 2 aliphatic heterocycles.